The Morgan fingerprint density at radius 3 is 2.61 bits per heavy atom. The van der Waals surface area contributed by atoms with E-state index < -0.39 is 0 Å². The SMILES string of the molecule is CCc1ccccc1NC(=O)c1cnc(Nc2cc(C)c(Cl)cc2OC)cn1. The van der Waals surface area contributed by atoms with E-state index in [-0.39, 0.29) is 11.6 Å². The van der Waals surface area contributed by atoms with Crippen LogP contribution in [0.25, 0.3) is 0 Å². The number of rotatable bonds is 6. The van der Waals surface area contributed by atoms with Gasteiger partial charge in [0.15, 0.2) is 0 Å². The Hall–Kier alpha value is -3.12. The summed E-state index contributed by atoms with van der Waals surface area (Å²) in [6.45, 7) is 3.94. The zero-order chi connectivity index (χ0) is 20.1. The third-order valence-corrected chi connectivity index (χ3v) is 4.68. The van der Waals surface area contributed by atoms with Crippen LogP contribution in [0.3, 0.4) is 0 Å². The zero-order valence-corrected chi connectivity index (χ0v) is 16.7. The van der Waals surface area contributed by atoms with Crippen LogP contribution in [-0.4, -0.2) is 23.0 Å². The number of hydrogen-bond donors (Lipinski definition) is 2. The molecule has 0 fully saturated rings. The fourth-order valence-corrected chi connectivity index (χ4v) is 2.87. The van der Waals surface area contributed by atoms with Crippen molar-refractivity contribution < 1.29 is 9.53 Å². The van der Waals surface area contributed by atoms with E-state index in [1.807, 2.05) is 44.2 Å². The van der Waals surface area contributed by atoms with E-state index in [0.29, 0.717) is 22.3 Å². The van der Waals surface area contributed by atoms with Gasteiger partial charge in [-0.25, -0.2) is 9.97 Å². The van der Waals surface area contributed by atoms with E-state index in [1.165, 1.54) is 12.4 Å². The van der Waals surface area contributed by atoms with E-state index >= 15 is 0 Å². The Morgan fingerprint density at radius 1 is 1.14 bits per heavy atom. The van der Waals surface area contributed by atoms with E-state index in [2.05, 4.69) is 20.6 Å². The van der Waals surface area contributed by atoms with Gasteiger partial charge in [0.1, 0.15) is 17.3 Å². The first-order valence-corrected chi connectivity index (χ1v) is 9.22. The summed E-state index contributed by atoms with van der Waals surface area (Å²) in [4.78, 5) is 21.0. The van der Waals surface area contributed by atoms with Crippen LogP contribution in [0.5, 0.6) is 5.75 Å². The molecular formula is C21H21ClN4O2. The number of carbonyl (C=O) groups is 1. The molecule has 1 heterocycles. The molecule has 6 nitrogen and oxygen atoms in total. The summed E-state index contributed by atoms with van der Waals surface area (Å²) in [5, 5.41) is 6.64. The van der Waals surface area contributed by atoms with Crippen molar-refractivity contribution in [3.05, 3.63) is 70.6 Å². The number of amides is 1. The minimum Gasteiger partial charge on any atom is -0.495 e. The van der Waals surface area contributed by atoms with Gasteiger partial charge in [0, 0.05) is 16.8 Å². The first kappa shape index (κ1) is 19.6. The van der Waals surface area contributed by atoms with Crippen molar-refractivity contribution in [2.24, 2.45) is 0 Å². The molecular weight excluding hydrogens is 376 g/mol. The molecule has 0 spiro atoms. The number of carbonyl (C=O) groups excluding carboxylic acids is 1. The van der Waals surface area contributed by atoms with Crippen LogP contribution < -0.4 is 15.4 Å². The van der Waals surface area contributed by atoms with Gasteiger partial charge in [-0.15, -0.1) is 0 Å². The van der Waals surface area contributed by atoms with Crippen molar-refractivity contribution in [1.82, 2.24) is 9.97 Å². The second-order valence-corrected chi connectivity index (χ2v) is 6.59. The molecule has 3 aromatic rings. The standard InChI is InChI=1S/C21H21ClN4O2/c1-4-14-7-5-6-8-16(14)26-21(27)18-11-24-20(12-23-18)25-17-9-13(2)15(22)10-19(17)28-3/h5-12H,4H2,1-3H3,(H,24,25)(H,26,27). The van der Waals surface area contributed by atoms with Crippen molar-refractivity contribution in [2.75, 3.05) is 17.7 Å². The van der Waals surface area contributed by atoms with Gasteiger partial charge in [-0.1, -0.05) is 36.7 Å². The molecule has 2 aromatic carbocycles. The van der Waals surface area contributed by atoms with Gasteiger partial charge in [0.2, 0.25) is 0 Å². The highest BCUT2D eigenvalue weighted by Gasteiger charge is 2.12. The minimum absolute atomic E-state index is 0.232. The molecule has 1 aromatic heterocycles. The zero-order valence-electron chi connectivity index (χ0n) is 15.9. The highest BCUT2D eigenvalue weighted by Crippen LogP contribution is 2.32. The largest absolute Gasteiger partial charge is 0.495 e. The molecule has 28 heavy (non-hydrogen) atoms. The van der Waals surface area contributed by atoms with Crippen molar-refractivity contribution in [1.29, 1.82) is 0 Å². The molecule has 0 saturated heterocycles. The fourth-order valence-electron chi connectivity index (χ4n) is 2.71. The number of aromatic nitrogens is 2. The molecule has 0 bridgehead atoms. The lowest BCUT2D eigenvalue weighted by molar-refractivity contribution is 0.102. The lowest BCUT2D eigenvalue weighted by Crippen LogP contribution is -2.15. The Labute approximate surface area is 168 Å². The van der Waals surface area contributed by atoms with E-state index in [0.717, 1.165) is 23.2 Å². The van der Waals surface area contributed by atoms with Crippen LogP contribution in [0.15, 0.2) is 48.8 Å². The number of aryl methyl sites for hydroxylation is 2. The smallest absolute Gasteiger partial charge is 0.275 e. The van der Waals surface area contributed by atoms with Gasteiger partial charge < -0.3 is 15.4 Å². The lowest BCUT2D eigenvalue weighted by atomic mass is 10.1. The quantitative estimate of drug-likeness (QED) is 0.612. The number of ether oxygens (including phenoxy) is 1. The van der Waals surface area contributed by atoms with Gasteiger partial charge in [0.05, 0.1) is 25.2 Å². The molecule has 0 atom stereocenters. The van der Waals surface area contributed by atoms with Gasteiger partial charge >= 0.3 is 0 Å². The van der Waals surface area contributed by atoms with Gasteiger partial charge in [-0.05, 0) is 36.6 Å². The summed E-state index contributed by atoms with van der Waals surface area (Å²) in [5.74, 6) is 0.779. The number of para-hydroxylation sites is 1. The molecule has 3 rings (SSSR count). The van der Waals surface area contributed by atoms with Gasteiger partial charge in [-0.3, -0.25) is 4.79 Å². The predicted molar refractivity (Wildman–Crippen MR) is 112 cm³/mol. The van der Waals surface area contributed by atoms with E-state index in [9.17, 15) is 4.79 Å². The first-order chi connectivity index (χ1) is 13.5. The topological polar surface area (TPSA) is 76.1 Å². The summed E-state index contributed by atoms with van der Waals surface area (Å²) in [5.41, 5.74) is 3.69. The Kier molecular flexibility index (Phi) is 6.11. The van der Waals surface area contributed by atoms with Crippen LogP contribution in [0, 0.1) is 6.92 Å². The second-order valence-electron chi connectivity index (χ2n) is 6.18. The number of halogens is 1. The number of hydrogen-bond acceptors (Lipinski definition) is 5. The van der Waals surface area contributed by atoms with Crippen molar-refractivity contribution >= 4 is 34.7 Å². The molecule has 0 aliphatic rings. The van der Waals surface area contributed by atoms with Crippen molar-refractivity contribution in [3.63, 3.8) is 0 Å². The second kappa shape index (κ2) is 8.71. The van der Waals surface area contributed by atoms with E-state index in [1.54, 1.807) is 13.2 Å². The summed E-state index contributed by atoms with van der Waals surface area (Å²) in [7, 11) is 1.57. The molecule has 0 aliphatic heterocycles. The van der Waals surface area contributed by atoms with E-state index in [4.69, 9.17) is 16.3 Å². The Morgan fingerprint density at radius 2 is 1.93 bits per heavy atom. The molecule has 0 saturated carbocycles. The average molecular weight is 397 g/mol. The average Bonchev–Trinajstić information content (AvgIpc) is 2.71. The monoisotopic (exact) mass is 396 g/mol. The molecule has 7 heteroatoms. The Bertz CT molecular complexity index is 990. The third kappa shape index (κ3) is 4.40. The molecule has 2 N–H and O–H groups in total. The maximum atomic E-state index is 12.5. The lowest BCUT2D eigenvalue weighted by Gasteiger charge is -2.13. The fraction of sp³-hybridized carbons (Fsp3) is 0.190. The summed E-state index contributed by atoms with van der Waals surface area (Å²) >= 11 is 6.13. The highest BCUT2D eigenvalue weighted by molar-refractivity contribution is 6.31. The number of nitrogens with one attached hydrogen (secondary N) is 2. The highest BCUT2D eigenvalue weighted by atomic mass is 35.5. The minimum atomic E-state index is -0.306. The van der Waals surface area contributed by atoms with Gasteiger partial charge in [0.25, 0.3) is 5.91 Å². The number of anilines is 3. The summed E-state index contributed by atoms with van der Waals surface area (Å²) in [6, 6.07) is 11.3. The number of benzene rings is 2. The van der Waals surface area contributed by atoms with Gasteiger partial charge in [-0.2, -0.15) is 0 Å². The number of methoxy groups -OCH3 is 1. The molecule has 144 valence electrons. The van der Waals surface area contributed by atoms with Crippen LogP contribution in [0.2, 0.25) is 5.02 Å². The van der Waals surface area contributed by atoms with Crippen LogP contribution in [0.4, 0.5) is 17.2 Å². The summed E-state index contributed by atoms with van der Waals surface area (Å²) < 4.78 is 5.34. The van der Waals surface area contributed by atoms with Crippen molar-refractivity contribution in [3.8, 4) is 5.75 Å². The first-order valence-electron chi connectivity index (χ1n) is 8.84. The number of nitrogens with zero attached hydrogens (tertiary/aromatic N) is 2. The maximum absolute atomic E-state index is 12.5. The van der Waals surface area contributed by atoms with Crippen LogP contribution >= 0.6 is 11.6 Å². The molecule has 0 radical (unpaired) electrons. The van der Waals surface area contributed by atoms with Crippen molar-refractivity contribution in [2.45, 2.75) is 20.3 Å². The van der Waals surface area contributed by atoms with Crippen LogP contribution in [-0.2, 0) is 6.42 Å². The summed E-state index contributed by atoms with van der Waals surface area (Å²) in [6.07, 6.45) is 3.76. The normalized spacial score (nSPS) is 10.4. The Balaban J connectivity index is 1.75. The predicted octanol–water partition coefficient (Wildman–Crippen LogP) is 5.01. The molecule has 0 aliphatic carbocycles. The maximum Gasteiger partial charge on any atom is 0.275 e. The molecule has 0 unspecified atom stereocenters. The van der Waals surface area contributed by atoms with Crippen LogP contribution in [0.1, 0.15) is 28.5 Å². The molecule has 1 amide bonds. The third-order valence-electron chi connectivity index (χ3n) is 4.27.